The minimum atomic E-state index is -0.404. The normalized spacial score (nSPS) is 33.7. The first-order chi connectivity index (χ1) is 13.0. The molecule has 2 amide bonds. The second-order valence-corrected chi connectivity index (χ2v) is 11.8. The van der Waals surface area contributed by atoms with E-state index in [0.29, 0.717) is 21.1 Å². The van der Waals surface area contributed by atoms with E-state index in [2.05, 4.69) is 5.32 Å². The number of hydrogen-bond donors (Lipinski definition) is 2. The molecule has 4 nitrogen and oxygen atoms in total. The van der Waals surface area contributed by atoms with Gasteiger partial charge in [-0.05, 0) is 87.5 Å². The number of aryl methyl sites for hydroxylation is 1. The first-order valence-electron chi connectivity index (χ1n) is 10.4. The third-order valence-corrected chi connectivity index (χ3v) is 9.89. The molecule has 0 aliphatic heterocycles. The van der Waals surface area contributed by atoms with E-state index in [-0.39, 0.29) is 5.91 Å². The van der Waals surface area contributed by atoms with Crippen LogP contribution < -0.4 is 11.1 Å². The molecule has 0 saturated heterocycles. The quantitative estimate of drug-likeness (QED) is 0.765. The second-order valence-electron chi connectivity index (χ2n) is 9.22. The van der Waals surface area contributed by atoms with Crippen LogP contribution in [0.3, 0.4) is 0 Å². The highest BCUT2D eigenvalue weighted by Gasteiger charge is 2.51. The van der Waals surface area contributed by atoms with Crippen molar-refractivity contribution in [1.82, 2.24) is 0 Å². The molecule has 0 spiro atoms. The van der Waals surface area contributed by atoms with Crippen molar-refractivity contribution in [2.75, 3.05) is 11.1 Å². The number of rotatable bonds is 5. The molecule has 1 aromatic heterocycles. The van der Waals surface area contributed by atoms with Crippen LogP contribution in [0.4, 0.5) is 5.00 Å². The van der Waals surface area contributed by atoms with Gasteiger partial charge in [-0.3, -0.25) is 9.59 Å². The summed E-state index contributed by atoms with van der Waals surface area (Å²) in [5.74, 6) is 2.81. The van der Waals surface area contributed by atoms with Gasteiger partial charge in [0, 0.05) is 9.62 Å². The van der Waals surface area contributed by atoms with Crippen molar-refractivity contribution < 1.29 is 9.59 Å². The summed E-state index contributed by atoms with van der Waals surface area (Å²) in [7, 11) is 0. The molecule has 1 heterocycles. The molecule has 4 fully saturated rings. The molecule has 146 valence electrons. The predicted molar refractivity (Wildman–Crippen MR) is 111 cm³/mol. The third kappa shape index (κ3) is 3.33. The molecule has 5 aliphatic rings. The lowest BCUT2D eigenvalue weighted by molar-refractivity contribution is -0.113. The van der Waals surface area contributed by atoms with Crippen molar-refractivity contribution in [3.05, 3.63) is 16.0 Å². The van der Waals surface area contributed by atoms with Gasteiger partial charge in [0.25, 0.3) is 5.91 Å². The van der Waals surface area contributed by atoms with Gasteiger partial charge in [-0.2, -0.15) is 0 Å². The van der Waals surface area contributed by atoms with Crippen molar-refractivity contribution in [3.8, 4) is 0 Å². The first-order valence-corrected chi connectivity index (χ1v) is 12.2. The zero-order valence-electron chi connectivity index (χ0n) is 15.7. The highest BCUT2D eigenvalue weighted by Crippen LogP contribution is 2.60. The van der Waals surface area contributed by atoms with E-state index in [1.54, 1.807) is 11.3 Å². The van der Waals surface area contributed by atoms with E-state index in [1.807, 2.05) is 11.8 Å². The molecule has 0 radical (unpaired) electrons. The Morgan fingerprint density at radius 2 is 1.70 bits per heavy atom. The van der Waals surface area contributed by atoms with Crippen LogP contribution in [0.5, 0.6) is 0 Å². The second kappa shape index (κ2) is 6.80. The van der Waals surface area contributed by atoms with Crippen molar-refractivity contribution in [2.45, 2.75) is 69.0 Å². The largest absolute Gasteiger partial charge is 0.365 e. The molecule has 5 aliphatic carbocycles. The lowest BCUT2D eigenvalue weighted by Gasteiger charge is -2.56. The number of thiophene rings is 1. The highest BCUT2D eigenvalue weighted by atomic mass is 32.2. The van der Waals surface area contributed by atoms with Crippen LogP contribution in [0.2, 0.25) is 0 Å². The minimum Gasteiger partial charge on any atom is -0.365 e. The van der Waals surface area contributed by atoms with Crippen LogP contribution in [0.1, 0.15) is 72.2 Å². The third-order valence-electron chi connectivity index (χ3n) is 7.16. The number of nitrogens with one attached hydrogen (secondary N) is 1. The van der Waals surface area contributed by atoms with Gasteiger partial charge < -0.3 is 11.1 Å². The monoisotopic (exact) mass is 404 g/mol. The van der Waals surface area contributed by atoms with E-state index < -0.39 is 5.91 Å². The molecular weight excluding hydrogens is 376 g/mol. The molecule has 1 aromatic rings. The standard InChI is InChI=1S/C21H28N2O2S2/c22-19(25)18-15-3-1-2-4-16(15)27-20(18)23-17(24)11-26-21-8-12-5-13(9-21)7-14(6-12)10-21/h12-14H,1-11H2,(H2,22,25)(H,23,24). The molecule has 4 bridgehead atoms. The van der Waals surface area contributed by atoms with Gasteiger partial charge in [0.05, 0.1) is 11.3 Å². The maximum Gasteiger partial charge on any atom is 0.251 e. The summed E-state index contributed by atoms with van der Waals surface area (Å²) in [6, 6.07) is 0. The Bertz CT molecular complexity index is 750. The predicted octanol–water partition coefficient (Wildman–Crippen LogP) is 4.37. The summed E-state index contributed by atoms with van der Waals surface area (Å²) in [6.45, 7) is 0. The van der Waals surface area contributed by atoms with Crippen molar-refractivity contribution in [2.24, 2.45) is 23.5 Å². The Morgan fingerprint density at radius 1 is 1.07 bits per heavy atom. The number of fused-ring (bicyclic) bond motifs is 1. The van der Waals surface area contributed by atoms with Crippen LogP contribution in [0, 0.1) is 17.8 Å². The summed E-state index contributed by atoms with van der Waals surface area (Å²) in [5.41, 5.74) is 7.30. The van der Waals surface area contributed by atoms with Gasteiger partial charge in [0.2, 0.25) is 5.91 Å². The maximum absolute atomic E-state index is 12.7. The topological polar surface area (TPSA) is 72.2 Å². The van der Waals surface area contributed by atoms with Crippen LogP contribution in [-0.2, 0) is 17.6 Å². The molecule has 0 aromatic carbocycles. The lowest BCUT2D eigenvalue weighted by Crippen LogP contribution is -2.49. The van der Waals surface area contributed by atoms with E-state index in [9.17, 15) is 9.59 Å². The Balaban J connectivity index is 1.27. The number of amides is 2. The van der Waals surface area contributed by atoms with E-state index in [1.165, 1.54) is 43.4 Å². The fourth-order valence-electron chi connectivity index (χ4n) is 6.50. The number of carbonyl (C=O) groups is 2. The molecule has 27 heavy (non-hydrogen) atoms. The fraction of sp³-hybridized carbons (Fsp3) is 0.714. The van der Waals surface area contributed by atoms with Crippen LogP contribution in [0.25, 0.3) is 0 Å². The van der Waals surface area contributed by atoms with Crippen LogP contribution in [-0.4, -0.2) is 22.3 Å². The molecule has 6 heteroatoms. The smallest absolute Gasteiger partial charge is 0.251 e. The first kappa shape index (κ1) is 18.0. The average Bonchev–Trinajstić information content (AvgIpc) is 2.97. The Kier molecular flexibility index (Phi) is 4.54. The number of hydrogen-bond acceptors (Lipinski definition) is 4. The van der Waals surface area contributed by atoms with Gasteiger partial charge in [-0.25, -0.2) is 0 Å². The maximum atomic E-state index is 12.7. The molecule has 4 saturated carbocycles. The molecule has 0 unspecified atom stereocenters. The van der Waals surface area contributed by atoms with Crippen LogP contribution >= 0.6 is 23.1 Å². The van der Waals surface area contributed by atoms with Gasteiger partial charge in [-0.15, -0.1) is 23.1 Å². The summed E-state index contributed by atoms with van der Waals surface area (Å²) < 4.78 is 0.341. The van der Waals surface area contributed by atoms with Gasteiger partial charge in [-0.1, -0.05) is 0 Å². The molecule has 0 atom stereocenters. The summed E-state index contributed by atoms with van der Waals surface area (Å²) in [6.07, 6.45) is 12.3. The van der Waals surface area contributed by atoms with E-state index in [0.717, 1.165) is 49.0 Å². The van der Waals surface area contributed by atoms with Gasteiger partial charge in [0.15, 0.2) is 0 Å². The zero-order valence-corrected chi connectivity index (χ0v) is 17.4. The summed E-state index contributed by atoms with van der Waals surface area (Å²) in [4.78, 5) is 25.9. The van der Waals surface area contributed by atoms with Crippen molar-refractivity contribution >= 4 is 39.9 Å². The zero-order chi connectivity index (χ0) is 18.6. The number of anilines is 1. The number of primary amides is 1. The highest BCUT2D eigenvalue weighted by molar-refractivity contribution is 8.01. The Hall–Kier alpha value is -1.01. The SMILES string of the molecule is NC(=O)c1c(NC(=O)CSC23CC4CC(CC(C4)C2)C3)sc2c1CCCC2. The van der Waals surface area contributed by atoms with Crippen molar-refractivity contribution in [1.29, 1.82) is 0 Å². The molecule has 6 rings (SSSR count). The van der Waals surface area contributed by atoms with E-state index >= 15 is 0 Å². The van der Waals surface area contributed by atoms with Gasteiger partial charge in [0.1, 0.15) is 5.00 Å². The Morgan fingerprint density at radius 3 is 2.33 bits per heavy atom. The lowest BCUT2D eigenvalue weighted by atomic mass is 9.56. The van der Waals surface area contributed by atoms with Crippen LogP contribution in [0.15, 0.2) is 0 Å². The fourth-order valence-corrected chi connectivity index (χ4v) is 9.38. The van der Waals surface area contributed by atoms with E-state index in [4.69, 9.17) is 5.73 Å². The number of nitrogens with two attached hydrogens (primary N) is 1. The van der Waals surface area contributed by atoms with Gasteiger partial charge >= 0.3 is 0 Å². The minimum absolute atomic E-state index is 0.0249. The van der Waals surface area contributed by atoms with Crippen molar-refractivity contribution in [3.63, 3.8) is 0 Å². The molecular formula is C21H28N2O2S2. The number of thioether (sulfide) groups is 1. The Labute approximate surface area is 169 Å². The summed E-state index contributed by atoms with van der Waals surface area (Å²) in [5, 5.41) is 3.73. The molecule has 3 N–H and O–H groups in total. The number of carbonyl (C=O) groups excluding carboxylic acids is 2. The summed E-state index contributed by atoms with van der Waals surface area (Å²) >= 11 is 3.45. The average molecular weight is 405 g/mol.